The molecule has 1 aromatic heterocycles. The van der Waals surface area contributed by atoms with Gasteiger partial charge in [0.15, 0.2) is 0 Å². The monoisotopic (exact) mass is 249 g/mol. The van der Waals surface area contributed by atoms with Crippen LogP contribution in [0.4, 0.5) is 0 Å². The van der Waals surface area contributed by atoms with Crippen LogP contribution in [0.25, 0.3) is 0 Å². The predicted molar refractivity (Wildman–Crippen MR) is 63.9 cm³/mol. The maximum absolute atomic E-state index is 11.2. The first kappa shape index (κ1) is 11.7. The third kappa shape index (κ3) is 2.88. The Hall–Kier alpha value is -1.75. The first-order valence-electron chi connectivity index (χ1n) is 5.03. The molecule has 0 amide bonds. The standard InChI is InChI=1S/C12H11NO3S/c1-8-7-16-12(13-8)17-10(11(14)15)9-5-3-2-4-6-9/h2-7,10H,1H3,(H,14,15). The summed E-state index contributed by atoms with van der Waals surface area (Å²) in [6.45, 7) is 1.80. The molecule has 0 saturated heterocycles. The predicted octanol–water partition coefficient (Wildman–Crippen LogP) is 2.90. The van der Waals surface area contributed by atoms with E-state index < -0.39 is 11.2 Å². The summed E-state index contributed by atoms with van der Waals surface area (Å²) in [6.07, 6.45) is 1.51. The highest BCUT2D eigenvalue weighted by Crippen LogP contribution is 2.34. The molecule has 1 heterocycles. The second kappa shape index (κ2) is 5.05. The van der Waals surface area contributed by atoms with E-state index in [0.717, 1.165) is 23.0 Å². The van der Waals surface area contributed by atoms with E-state index in [-0.39, 0.29) is 0 Å². The van der Waals surface area contributed by atoms with Gasteiger partial charge in [-0.25, -0.2) is 4.98 Å². The molecule has 1 atom stereocenters. The van der Waals surface area contributed by atoms with Crippen LogP contribution in [0.15, 0.2) is 46.2 Å². The van der Waals surface area contributed by atoms with Gasteiger partial charge < -0.3 is 9.52 Å². The smallest absolute Gasteiger partial charge is 0.321 e. The minimum absolute atomic E-state index is 0.374. The Bertz CT molecular complexity index is 509. The van der Waals surface area contributed by atoms with Crippen LogP contribution in [0.3, 0.4) is 0 Å². The largest absolute Gasteiger partial charge is 0.480 e. The van der Waals surface area contributed by atoms with Crippen LogP contribution in [0.1, 0.15) is 16.5 Å². The molecule has 1 N–H and O–H groups in total. The maximum Gasteiger partial charge on any atom is 0.321 e. The lowest BCUT2D eigenvalue weighted by molar-refractivity contribution is -0.136. The van der Waals surface area contributed by atoms with Crippen molar-refractivity contribution in [2.24, 2.45) is 0 Å². The molecule has 2 aromatic rings. The number of aryl methyl sites for hydroxylation is 1. The number of rotatable bonds is 4. The molecule has 1 unspecified atom stereocenters. The lowest BCUT2D eigenvalue weighted by Crippen LogP contribution is -2.07. The number of hydrogen-bond acceptors (Lipinski definition) is 4. The Morgan fingerprint density at radius 2 is 2.12 bits per heavy atom. The van der Waals surface area contributed by atoms with Crippen LogP contribution in [0.2, 0.25) is 0 Å². The van der Waals surface area contributed by atoms with E-state index >= 15 is 0 Å². The average molecular weight is 249 g/mol. The van der Waals surface area contributed by atoms with Gasteiger partial charge in [0, 0.05) is 0 Å². The van der Waals surface area contributed by atoms with E-state index in [2.05, 4.69) is 4.98 Å². The highest BCUT2D eigenvalue weighted by molar-refractivity contribution is 8.00. The average Bonchev–Trinajstić information content (AvgIpc) is 2.73. The Morgan fingerprint density at radius 1 is 1.41 bits per heavy atom. The number of hydrogen-bond donors (Lipinski definition) is 1. The summed E-state index contributed by atoms with van der Waals surface area (Å²) in [6, 6.07) is 9.03. The summed E-state index contributed by atoms with van der Waals surface area (Å²) >= 11 is 1.09. The molecular formula is C12H11NO3S. The van der Waals surface area contributed by atoms with E-state index in [4.69, 9.17) is 4.42 Å². The highest BCUT2D eigenvalue weighted by Gasteiger charge is 2.23. The van der Waals surface area contributed by atoms with Crippen LogP contribution in [0, 0.1) is 6.92 Å². The summed E-state index contributed by atoms with van der Waals surface area (Å²) in [5.74, 6) is -0.906. The maximum atomic E-state index is 11.2. The highest BCUT2D eigenvalue weighted by atomic mass is 32.2. The topological polar surface area (TPSA) is 63.3 Å². The third-order valence-corrected chi connectivity index (χ3v) is 3.24. The van der Waals surface area contributed by atoms with E-state index in [1.165, 1.54) is 6.26 Å². The number of oxazole rings is 1. The number of benzene rings is 1. The third-order valence-electron chi connectivity index (χ3n) is 2.14. The zero-order valence-corrected chi connectivity index (χ0v) is 9.98. The number of carboxylic acids is 1. The van der Waals surface area contributed by atoms with E-state index in [1.54, 1.807) is 19.1 Å². The Balaban J connectivity index is 2.22. The summed E-state index contributed by atoms with van der Waals surface area (Å²) in [4.78, 5) is 15.3. The molecule has 2 rings (SSSR count). The van der Waals surface area contributed by atoms with Crippen LogP contribution in [-0.4, -0.2) is 16.1 Å². The molecule has 88 valence electrons. The van der Waals surface area contributed by atoms with Gasteiger partial charge in [-0.1, -0.05) is 30.3 Å². The fourth-order valence-electron chi connectivity index (χ4n) is 1.38. The van der Waals surface area contributed by atoms with Crippen molar-refractivity contribution in [1.29, 1.82) is 0 Å². The van der Waals surface area contributed by atoms with Crippen LogP contribution in [-0.2, 0) is 4.79 Å². The van der Waals surface area contributed by atoms with Gasteiger partial charge in [-0.15, -0.1) is 0 Å². The molecule has 0 aliphatic carbocycles. The van der Waals surface area contributed by atoms with Crippen LogP contribution in [0.5, 0.6) is 0 Å². The van der Waals surface area contributed by atoms with Crippen LogP contribution < -0.4 is 0 Å². The molecule has 17 heavy (non-hydrogen) atoms. The van der Waals surface area contributed by atoms with Gasteiger partial charge in [0.1, 0.15) is 11.5 Å². The number of aliphatic carboxylic acids is 1. The van der Waals surface area contributed by atoms with Gasteiger partial charge >= 0.3 is 5.97 Å². The summed E-state index contributed by atoms with van der Waals surface area (Å²) < 4.78 is 5.15. The normalized spacial score (nSPS) is 12.3. The fourth-order valence-corrected chi connectivity index (χ4v) is 2.27. The number of carboxylic acid groups (broad SMARTS) is 1. The minimum atomic E-state index is -0.906. The molecule has 0 fully saturated rings. The molecule has 0 spiro atoms. The lowest BCUT2D eigenvalue weighted by Gasteiger charge is -2.09. The van der Waals surface area contributed by atoms with Crippen molar-refractivity contribution in [3.63, 3.8) is 0 Å². The second-order valence-electron chi connectivity index (χ2n) is 3.50. The quantitative estimate of drug-likeness (QED) is 0.844. The first-order chi connectivity index (χ1) is 8.16. The SMILES string of the molecule is Cc1coc(SC(C(=O)O)c2ccccc2)n1. The van der Waals surface area contributed by atoms with Crippen molar-refractivity contribution >= 4 is 17.7 Å². The molecule has 0 bridgehead atoms. The van der Waals surface area contributed by atoms with Gasteiger partial charge in [-0.05, 0) is 24.2 Å². The molecule has 5 heteroatoms. The Morgan fingerprint density at radius 3 is 2.65 bits per heavy atom. The Kier molecular flexibility index (Phi) is 3.49. The lowest BCUT2D eigenvalue weighted by atomic mass is 10.1. The van der Waals surface area contributed by atoms with Crippen molar-refractivity contribution in [3.05, 3.63) is 47.9 Å². The number of thioether (sulfide) groups is 1. The number of nitrogens with zero attached hydrogens (tertiary/aromatic N) is 1. The second-order valence-corrected chi connectivity index (χ2v) is 4.56. The van der Waals surface area contributed by atoms with Gasteiger partial charge in [-0.3, -0.25) is 4.79 Å². The van der Waals surface area contributed by atoms with Crippen molar-refractivity contribution in [3.8, 4) is 0 Å². The molecule has 0 saturated carbocycles. The Labute approximate surface area is 103 Å². The summed E-state index contributed by atoms with van der Waals surface area (Å²) in [5.41, 5.74) is 1.46. The van der Waals surface area contributed by atoms with Crippen LogP contribution >= 0.6 is 11.8 Å². The van der Waals surface area contributed by atoms with Crippen molar-refractivity contribution < 1.29 is 14.3 Å². The summed E-state index contributed by atoms with van der Waals surface area (Å²) in [7, 11) is 0. The minimum Gasteiger partial charge on any atom is -0.480 e. The molecule has 0 aliphatic rings. The molecule has 0 radical (unpaired) electrons. The van der Waals surface area contributed by atoms with E-state index in [1.807, 2.05) is 18.2 Å². The molecule has 4 nitrogen and oxygen atoms in total. The number of aromatic nitrogens is 1. The first-order valence-corrected chi connectivity index (χ1v) is 5.91. The zero-order chi connectivity index (χ0) is 12.3. The van der Waals surface area contributed by atoms with Gasteiger partial charge in [0.05, 0.1) is 5.69 Å². The van der Waals surface area contributed by atoms with Crippen molar-refractivity contribution in [2.45, 2.75) is 17.4 Å². The fraction of sp³-hybridized carbons (Fsp3) is 0.167. The molecule has 1 aromatic carbocycles. The van der Waals surface area contributed by atoms with Gasteiger partial charge in [0.2, 0.25) is 0 Å². The summed E-state index contributed by atoms with van der Waals surface area (Å²) in [5, 5.41) is 8.88. The van der Waals surface area contributed by atoms with Crippen molar-refractivity contribution in [1.82, 2.24) is 4.98 Å². The van der Waals surface area contributed by atoms with Gasteiger partial charge in [-0.2, -0.15) is 0 Å². The molecule has 0 aliphatic heterocycles. The molecular weight excluding hydrogens is 238 g/mol. The van der Waals surface area contributed by atoms with Gasteiger partial charge in [0.25, 0.3) is 5.22 Å². The van der Waals surface area contributed by atoms with E-state index in [9.17, 15) is 9.90 Å². The zero-order valence-electron chi connectivity index (χ0n) is 9.16. The number of carbonyl (C=O) groups is 1. The van der Waals surface area contributed by atoms with E-state index in [0.29, 0.717) is 5.22 Å². The van der Waals surface area contributed by atoms with Crippen molar-refractivity contribution in [2.75, 3.05) is 0 Å².